The molecule has 90 valence electrons. The van der Waals surface area contributed by atoms with Gasteiger partial charge in [0.25, 0.3) is 0 Å². The summed E-state index contributed by atoms with van der Waals surface area (Å²) in [5.74, 6) is 0. The maximum absolute atomic E-state index is 8.65. The van der Waals surface area contributed by atoms with Crippen molar-refractivity contribution in [3.05, 3.63) is 28.2 Å². The molecule has 3 heteroatoms. The Bertz CT molecular complexity index is 315. The van der Waals surface area contributed by atoms with E-state index in [1.54, 1.807) is 0 Å². The molecule has 0 aliphatic rings. The van der Waals surface area contributed by atoms with E-state index in [4.69, 9.17) is 5.11 Å². The number of hydrogen-bond donors (Lipinski definition) is 2. The van der Waals surface area contributed by atoms with Crippen LogP contribution >= 0.6 is 15.9 Å². The molecule has 1 aromatic carbocycles. The molecule has 0 fully saturated rings. The molecular weight excluding hydrogens is 266 g/mol. The van der Waals surface area contributed by atoms with Crippen LogP contribution in [0.2, 0.25) is 0 Å². The van der Waals surface area contributed by atoms with Crippen molar-refractivity contribution in [3.63, 3.8) is 0 Å². The Labute approximate surface area is 106 Å². The second kappa shape index (κ2) is 7.69. The zero-order valence-corrected chi connectivity index (χ0v) is 11.4. The second-order valence-corrected chi connectivity index (χ2v) is 4.83. The van der Waals surface area contributed by atoms with Gasteiger partial charge in [0.15, 0.2) is 0 Å². The van der Waals surface area contributed by atoms with Crippen LogP contribution in [0.4, 0.5) is 5.69 Å². The van der Waals surface area contributed by atoms with Gasteiger partial charge in [0.2, 0.25) is 0 Å². The first-order valence-electron chi connectivity index (χ1n) is 5.85. The van der Waals surface area contributed by atoms with Crippen molar-refractivity contribution in [2.45, 2.75) is 32.6 Å². The van der Waals surface area contributed by atoms with Crippen LogP contribution in [0.3, 0.4) is 0 Å². The molecule has 0 spiro atoms. The van der Waals surface area contributed by atoms with Crippen LogP contribution in [-0.4, -0.2) is 18.3 Å². The third-order valence-corrected chi connectivity index (χ3v) is 3.53. The Morgan fingerprint density at radius 3 is 2.69 bits per heavy atom. The van der Waals surface area contributed by atoms with Crippen molar-refractivity contribution in [2.24, 2.45) is 0 Å². The van der Waals surface area contributed by atoms with E-state index in [2.05, 4.69) is 40.3 Å². The largest absolute Gasteiger partial charge is 0.396 e. The summed E-state index contributed by atoms with van der Waals surface area (Å²) in [5.41, 5.74) is 2.47. The number of halogens is 1. The van der Waals surface area contributed by atoms with Gasteiger partial charge < -0.3 is 10.4 Å². The lowest BCUT2D eigenvalue weighted by Crippen LogP contribution is -2.03. The number of anilines is 1. The van der Waals surface area contributed by atoms with Gasteiger partial charge in [-0.15, -0.1) is 0 Å². The molecule has 2 N–H and O–H groups in total. The zero-order valence-electron chi connectivity index (χ0n) is 9.80. The van der Waals surface area contributed by atoms with Gasteiger partial charge in [0.1, 0.15) is 0 Å². The molecule has 0 aliphatic carbocycles. The molecule has 0 radical (unpaired) electrons. The lowest BCUT2D eigenvalue weighted by molar-refractivity contribution is 0.283. The summed E-state index contributed by atoms with van der Waals surface area (Å²) in [6, 6.07) is 6.21. The lowest BCUT2D eigenvalue weighted by Gasteiger charge is -2.10. The Hall–Kier alpha value is -0.540. The fraction of sp³-hybridized carbons (Fsp3) is 0.538. The van der Waals surface area contributed by atoms with Crippen molar-refractivity contribution in [3.8, 4) is 0 Å². The van der Waals surface area contributed by atoms with Crippen LogP contribution in [0.1, 0.15) is 31.2 Å². The van der Waals surface area contributed by atoms with Gasteiger partial charge in [-0.3, -0.25) is 0 Å². The number of aliphatic hydroxyl groups excluding tert-OH is 1. The predicted molar refractivity (Wildman–Crippen MR) is 72.9 cm³/mol. The van der Waals surface area contributed by atoms with Gasteiger partial charge in [-0.1, -0.05) is 34.8 Å². The van der Waals surface area contributed by atoms with E-state index in [1.165, 1.54) is 17.7 Å². The average molecular weight is 286 g/mol. The van der Waals surface area contributed by atoms with E-state index < -0.39 is 0 Å². The molecule has 0 bridgehead atoms. The number of benzene rings is 1. The first kappa shape index (κ1) is 13.5. The molecule has 2 nitrogen and oxygen atoms in total. The van der Waals surface area contributed by atoms with Crippen LogP contribution in [0, 0.1) is 6.92 Å². The third-order valence-electron chi connectivity index (χ3n) is 2.67. The first-order chi connectivity index (χ1) is 7.75. The SMILES string of the molecule is Cc1c(Br)cccc1NCCCCCCO. The molecular formula is C13H20BrNO. The third kappa shape index (κ3) is 4.54. The first-order valence-corrected chi connectivity index (χ1v) is 6.65. The Morgan fingerprint density at radius 2 is 1.94 bits per heavy atom. The summed E-state index contributed by atoms with van der Waals surface area (Å²) >= 11 is 3.52. The smallest absolute Gasteiger partial charge is 0.0431 e. The standard InChI is InChI=1S/C13H20BrNO/c1-11-12(14)7-6-8-13(11)15-9-4-2-3-5-10-16/h6-8,15-16H,2-5,9-10H2,1H3. The molecule has 1 rings (SSSR count). The summed E-state index contributed by atoms with van der Waals surface area (Å²) in [5, 5.41) is 12.1. The van der Waals surface area contributed by atoms with Gasteiger partial charge >= 0.3 is 0 Å². The fourth-order valence-corrected chi connectivity index (χ4v) is 1.98. The molecule has 0 saturated carbocycles. The Kier molecular flexibility index (Phi) is 6.50. The van der Waals surface area contributed by atoms with E-state index >= 15 is 0 Å². The minimum Gasteiger partial charge on any atom is -0.396 e. The number of rotatable bonds is 7. The van der Waals surface area contributed by atoms with E-state index in [0.29, 0.717) is 6.61 Å². The number of aliphatic hydroxyl groups is 1. The Morgan fingerprint density at radius 1 is 1.19 bits per heavy atom. The molecule has 0 aliphatic heterocycles. The highest BCUT2D eigenvalue weighted by molar-refractivity contribution is 9.10. The van der Waals surface area contributed by atoms with Crippen LogP contribution in [0.5, 0.6) is 0 Å². The van der Waals surface area contributed by atoms with Crippen LogP contribution in [0.25, 0.3) is 0 Å². The molecule has 0 heterocycles. The fourth-order valence-electron chi connectivity index (χ4n) is 1.61. The summed E-state index contributed by atoms with van der Waals surface area (Å²) in [6.07, 6.45) is 4.39. The van der Waals surface area contributed by atoms with Crippen molar-refractivity contribution >= 4 is 21.6 Å². The maximum Gasteiger partial charge on any atom is 0.0431 e. The topological polar surface area (TPSA) is 32.3 Å². The maximum atomic E-state index is 8.65. The Balaban J connectivity index is 2.24. The summed E-state index contributed by atoms with van der Waals surface area (Å²) in [7, 11) is 0. The number of hydrogen-bond acceptors (Lipinski definition) is 2. The molecule has 16 heavy (non-hydrogen) atoms. The lowest BCUT2D eigenvalue weighted by atomic mass is 10.1. The molecule has 0 amide bonds. The normalized spacial score (nSPS) is 10.4. The molecule has 0 unspecified atom stereocenters. The summed E-state index contributed by atoms with van der Waals surface area (Å²) in [6.45, 7) is 3.43. The highest BCUT2D eigenvalue weighted by Crippen LogP contribution is 2.23. The quantitative estimate of drug-likeness (QED) is 0.749. The van der Waals surface area contributed by atoms with Crippen molar-refractivity contribution in [1.29, 1.82) is 0 Å². The highest BCUT2D eigenvalue weighted by Gasteiger charge is 2.00. The van der Waals surface area contributed by atoms with Crippen molar-refractivity contribution in [2.75, 3.05) is 18.5 Å². The zero-order chi connectivity index (χ0) is 11.8. The number of nitrogens with one attached hydrogen (secondary N) is 1. The van der Waals surface area contributed by atoms with Crippen LogP contribution in [0.15, 0.2) is 22.7 Å². The van der Waals surface area contributed by atoms with Gasteiger partial charge in [-0.05, 0) is 37.5 Å². The monoisotopic (exact) mass is 285 g/mol. The van der Waals surface area contributed by atoms with Crippen molar-refractivity contribution < 1.29 is 5.11 Å². The highest BCUT2D eigenvalue weighted by atomic mass is 79.9. The van der Waals surface area contributed by atoms with E-state index in [-0.39, 0.29) is 0 Å². The number of unbranched alkanes of at least 4 members (excludes halogenated alkanes) is 3. The van der Waals surface area contributed by atoms with Gasteiger partial charge in [0.05, 0.1) is 0 Å². The second-order valence-electron chi connectivity index (χ2n) is 3.98. The molecule has 0 saturated heterocycles. The van der Waals surface area contributed by atoms with Crippen molar-refractivity contribution in [1.82, 2.24) is 0 Å². The van der Waals surface area contributed by atoms with Crippen LogP contribution in [-0.2, 0) is 0 Å². The summed E-state index contributed by atoms with van der Waals surface area (Å²) < 4.78 is 1.15. The van der Waals surface area contributed by atoms with E-state index in [0.717, 1.165) is 30.3 Å². The van der Waals surface area contributed by atoms with Crippen LogP contribution < -0.4 is 5.32 Å². The molecule has 1 aromatic rings. The van der Waals surface area contributed by atoms with E-state index in [9.17, 15) is 0 Å². The minimum absolute atomic E-state index is 0.318. The van der Waals surface area contributed by atoms with Gasteiger partial charge in [-0.25, -0.2) is 0 Å². The van der Waals surface area contributed by atoms with Gasteiger partial charge in [0, 0.05) is 23.3 Å². The van der Waals surface area contributed by atoms with Gasteiger partial charge in [-0.2, -0.15) is 0 Å². The van der Waals surface area contributed by atoms with E-state index in [1.807, 2.05) is 6.07 Å². The minimum atomic E-state index is 0.318. The summed E-state index contributed by atoms with van der Waals surface area (Å²) in [4.78, 5) is 0. The average Bonchev–Trinajstić information content (AvgIpc) is 2.29. The molecule has 0 aromatic heterocycles. The predicted octanol–water partition coefficient (Wildman–Crippen LogP) is 3.72. The molecule has 0 atom stereocenters.